The first-order valence-electron chi connectivity index (χ1n) is 5.88. The van der Waals surface area contributed by atoms with Crippen molar-refractivity contribution < 1.29 is 19.1 Å². The second kappa shape index (κ2) is 5.52. The number of carbonyl (C=O) groups is 2. The average molecular weight is 273 g/mol. The summed E-state index contributed by atoms with van der Waals surface area (Å²) < 4.78 is 13.1. The Morgan fingerprint density at radius 1 is 1.15 bits per heavy atom. The van der Waals surface area contributed by atoms with Gasteiger partial charge in [0.2, 0.25) is 0 Å². The molecule has 0 unspecified atom stereocenters. The van der Waals surface area contributed by atoms with E-state index in [9.17, 15) is 14.0 Å². The number of aromatic carboxylic acids is 1. The van der Waals surface area contributed by atoms with E-state index in [1.54, 1.807) is 24.3 Å². The third-order valence-electron chi connectivity index (χ3n) is 2.76. The van der Waals surface area contributed by atoms with E-state index in [1.807, 2.05) is 0 Å². The Labute approximate surface area is 114 Å². The van der Waals surface area contributed by atoms with E-state index in [0.717, 1.165) is 6.07 Å². The zero-order valence-corrected chi connectivity index (χ0v) is 10.7. The number of carboxylic acid groups (broad SMARTS) is 1. The maximum Gasteiger partial charge on any atom is 0.337 e. The van der Waals surface area contributed by atoms with E-state index in [1.165, 1.54) is 19.1 Å². The van der Waals surface area contributed by atoms with Crippen LogP contribution in [-0.2, 0) is 0 Å². The molecular weight excluding hydrogens is 261 g/mol. The van der Waals surface area contributed by atoms with Gasteiger partial charge in [0.05, 0.1) is 11.3 Å². The van der Waals surface area contributed by atoms with E-state index >= 15 is 0 Å². The summed E-state index contributed by atoms with van der Waals surface area (Å²) in [5, 5.41) is 11.9. The minimum atomic E-state index is -1.23. The Morgan fingerprint density at radius 3 is 2.55 bits per heavy atom. The minimum absolute atomic E-state index is 0.0915. The molecule has 0 bridgehead atoms. The molecular formula is C15H12FNO3. The van der Waals surface area contributed by atoms with Crippen molar-refractivity contribution in [2.24, 2.45) is 0 Å². The summed E-state index contributed by atoms with van der Waals surface area (Å²) in [5.74, 6) is -1.94. The highest BCUT2D eigenvalue weighted by atomic mass is 19.1. The summed E-state index contributed by atoms with van der Waals surface area (Å²) in [7, 11) is 0. The van der Waals surface area contributed by atoms with Gasteiger partial charge in [0, 0.05) is 11.3 Å². The van der Waals surface area contributed by atoms with Crippen molar-refractivity contribution in [3.05, 3.63) is 59.4 Å². The lowest BCUT2D eigenvalue weighted by Gasteiger charge is -2.10. The number of Topliss-reactive ketones (excluding diaryl/α,β-unsaturated/α-hetero) is 1. The number of halogens is 1. The first kappa shape index (κ1) is 13.7. The van der Waals surface area contributed by atoms with Crippen molar-refractivity contribution in [2.45, 2.75) is 6.92 Å². The number of hydrogen-bond acceptors (Lipinski definition) is 3. The molecule has 2 aromatic rings. The molecule has 0 aliphatic rings. The fourth-order valence-electron chi connectivity index (χ4n) is 1.77. The lowest BCUT2D eigenvalue weighted by Crippen LogP contribution is -2.04. The maximum atomic E-state index is 13.1. The molecule has 2 rings (SSSR count). The third kappa shape index (κ3) is 3.00. The number of ketones is 1. The van der Waals surface area contributed by atoms with Crippen molar-refractivity contribution in [3.8, 4) is 0 Å². The molecule has 0 radical (unpaired) electrons. The van der Waals surface area contributed by atoms with Crippen LogP contribution in [0.4, 0.5) is 15.8 Å². The molecule has 0 spiro atoms. The Kier molecular flexibility index (Phi) is 3.79. The number of benzene rings is 2. The highest BCUT2D eigenvalue weighted by molar-refractivity contribution is 5.97. The second-order valence-electron chi connectivity index (χ2n) is 4.26. The zero-order chi connectivity index (χ0) is 14.7. The van der Waals surface area contributed by atoms with E-state index < -0.39 is 11.8 Å². The number of carbonyl (C=O) groups excluding carboxylic acids is 1. The summed E-state index contributed by atoms with van der Waals surface area (Å²) >= 11 is 0. The molecule has 0 saturated carbocycles. The molecule has 2 N–H and O–H groups in total. The van der Waals surface area contributed by atoms with Crippen molar-refractivity contribution in [1.82, 2.24) is 0 Å². The number of rotatable bonds is 4. The summed E-state index contributed by atoms with van der Waals surface area (Å²) in [4.78, 5) is 22.4. The van der Waals surface area contributed by atoms with Crippen molar-refractivity contribution in [3.63, 3.8) is 0 Å². The smallest absolute Gasteiger partial charge is 0.337 e. The third-order valence-corrected chi connectivity index (χ3v) is 2.76. The number of nitrogens with one attached hydrogen (secondary N) is 1. The monoisotopic (exact) mass is 273 g/mol. The van der Waals surface area contributed by atoms with Gasteiger partial charge in [-0.15, -0.1) is 0 Å². The van der Waals surface area contributed by atoms with Crippen LogP contribution in [0, 0.1) is 5.82 Å². The van der Waals surface area contributed by atoms with Crippen LogP contribution in [0.1, 0.15) is 27.6 Å². The molecule has 0 amide bonds. The van der Waals surface area contributed by atoms with Crippen LogP contribution < -0.4 is 5.32 Å². The topological polar surface area (TPSA) is 66.4 Å². The maximum absolute atomic E-state index is 13.1. The highest BCUT2D eigenvalue weighted by Crippen LogP contribution is 2.23. The van der Waals surface area contributed by atoms with Crippen LogP contribution >= 0.6 is 0 Å². The minimum Gasteiger partial charge on any atom is -0.478 e. The first-order chi connectivity index (χ1) is 9.47. The van der Waals surface area contributed by atoms with Crippen LogP contribution in [0.5, 0.6) is 0 Å². The molecule has 20 heavy (non-hydrogen) atoms. The van der Waals surface area contributed by atoms with Crippen LogP contribution in [0.3, 0.4) is 0 Å². The second-order valence-corrected chi connectivity index (χ2v) is 4.26. The molecule has 102 valence electrons. The Morgan fingerprint density at radius 2 is 1.90 bits per heavy atom. The predicted octanol–water partition coefficient (Wildman–Crippen LogP) is 3.47. The molecule has 0 fully saturated rings. The van der Waals surface area contributed by atoms with Crippen molar-refractivity contribution in [1.29, 1.82) is 0 Å². The Bertz CT molecular complexity index is 683. The van der Waals surface area contributed by atoms with Gasteiger partial charge in [0.25, 0.3) is 0 Å². The lowest BCUT2D eigenvalue weighted by molar-refractivity contribution is 0.0697. The van der Waals surface area contributed by atoms with E-state index in [4.69, 9.17) is 5.11 Å². The summed E-state index contributed by atoms with van der Waals surface area (Å²) in [6.07, 6.45) is 0. The normalized spacial score (nSPS) is 10.1. The van der Waals surface area contributed by atoms with Crippen molar-refractivity contribution >= 4 is 23.1 Å². The predicted molar refractivity (Wildman–Crippen MR) is 73.1 cm³/mol. The molecule has 5 heteroatoms. The Balaban J connectivity index is 2.37. The quantitative estimate of drug-likeness (QED) is 0.837. The van der Waals surface area contributed by atoms with Gasteiger partial charge in [-0.3, -0.25) is 4.79 Å². The molecule has 0 saturated heterocycles. The number of hydrogen-bond donors (Lipinski definition) is 2. The van der Waals surface area contributed by atoms with Gasteiger partial charge in [-0.05, 0) is 37.3 Å². The molecule has 0 aromatic heterocycles. The summed E-state index contributed by atoms with van der Waals surface area (Å²) in [5.41, 5.74) is 1.17. The van der Waals surface area contributed by atoms with E-state index in [0.29, 0.717) is 11.3 Å². The SMILES string of the molecule is CC(=O)c1cccc(Nc2ccc(F)cc2C(=O)O)c1. The van der Waals surface area contributed by atoms with Gasteiger partial charge in [-0.1, -0.05) is 12.1 Å². The van der Waals surface area contributed by atoms with Crippen LogP contribution in [0.15, 0.2) is 42.5 Å². The van der Waals surface area contributed by atoms with Gasteiger partial charge < -0.3 is 10.4 Å². The zero-order valence-electron chi connectivity index (χ0n) is 10.7. The average Bonchev–Trinajstić information content (AvgIpc) is 2.41. The summed E-state index contributed by atoms with van der Waals surface area (Å²) in [6.45, 7) is 1.44. The van der Waals surface area contributed by atoms with Gasteiger partial charge in [-0.2, -0.15) is 0 Å². The fraction of sp³-hybridized carbons (Fsp3) is 0.0667. The number of carboxylic acids is 1. The van der Waals surface area contributed by atoms with E-state index in [2.05, 4.69) is 5.32 Å². The standard InChI is InChI=1S/C15H12FNO3/c1-9(18)10-3-2-4-12(7-10)17-14-6-5-11(16)8-13(14)15(19)20/h2-8,17H,1H3,(H,19,20). The van der Waals surface area contributed by atoms with Crippen molar-refractivity contribution in [2.75, 3.05) is 5.32 Å². The molecule has 0 aliphatic carbocycles. The fourth-order valence-corrected chi connectivity index (χ4v) is 1.77. The highest BCUT2D eigenvalue weighted by Gasteiger charge is 2.11. The number of anilines is 2. The van der Waals surface area contributed by atoms with Gasteiger partial charge in [-0.25, -0.2) is 9.18 Å². The van der Waals surface area contributed by atoms with Crippen LogP contribution in [0.2, 0.25) is 0 Å². The largest absolute Gasteiger partial charge is 0.478 e. The van der Waals surface area contributed by atoms with Gasteiger partial charge in [0.15, 0.2) is 5.78 Å². The molecule has 4 nitrogen and oxygen atoms in total. The molecule has 0 atom stereocenters. The lowest BCUT2D eigenvalue weighted by atomic mass is 10.1. The van der Waals surface area contributed by atoms with Gasteiger partial charge in [0.1, 0.15) is 5.82 Å². The van der Waals surface area contributed by atoms with Crippen LogP contribution in [-0.4, -0.2) is 16.9 Å². The van der Waals surface area contributed by atoms with Gasteiger partial charge >= 0.3 is 5.97 Å². The van der Waals surface area contributed by atoms with Crippen LogP contribution in [0.25, 0.3) is 0 Å². The molecule has 0 aliphatic heterocycles. The molecule has 0 heterocycles. The summed E-state index contributed by atoms with van der Waals surface area (Å²) in [6, 6.07) is 10.1. The van der Waals surface area contributed by atoms with E-state index in [-0.39, 0.29) is 17.0 Å². The Hall–Kier alpha value is -2.69. The first-order valence-corrected chi connectivity index (χ1v) is 5.88. The molecule has 2 aromatic carbocycles.